The SMILES string of the molecule is COc1cc(CNC2N=CC(Br)=C(Nc3cc(C4CC4)[nH]n3)N2)cc(OC)c1. The Bertz CT molecular complexity index is 883. The summed E-state index contributed by atoms with van der Waals surface area (Å²) in [6.45, 7) is 0.599. The lowest BCUT2D eigenvalue weighted by molar-refractivity contribution is 0.392. The predicted octanol–water partition coefficient (Wildman–Crippen LogP) is 3.03. The van der Waals surface area contributed by atoms with Crippen LogP contribution < -0.4 is 25.4 Å². The summed E-state index contributed by atoms with van der Waals surface area (Å²) >= 11 is 3.53. The van der Waals surface area contributed by atoms with Crippen molar-refractivity contribution in [2.75, 3.05) is 19.5 Å². The molecule has 0 bridgehead atoms. The second kappa shape index (κ2) is 8.24. The first-order valence-electron chi connectivity index (χ1n) is 9.12. The van der Waals surface area contributed by atoms with Crippen molar-refractivity contribution in [1.29, 1.82) is 0 Å². The van der Waals surface area contributed by atoms with Gasteiger partial charge in [0.2, 0.25) is 0 Å². The van der Waals surface area contributed by atoms with Gasteiger partial charge in [0.15, 0.2) is 12.1 Å². The van der Waals surface area contributed by atoms with E-state index in [2.05, 4.69) is 53.1 Å². The molecule has 1 aromatic heterocycles. The molecule has 0 saturated heterocycles. The molecule has 2 aromatic rings. The number of allylic oxidation sites excluding steroid dienone is 1. The van der Waals surface area contributed by atoms with Gasteiger partial charge in [0.25, 0.3) is 0 Å². The third kappa shape index (κ3) is 4.48. The van der Waals surface area contributed by atoms with E-state index >= 15 is 0 Å². The fourth-order valence-corrected chi connectivity index (χ4v) is 3.29. The molecular formula is C19H23BrN6O2. The maximum Gasteiger partial charge on any atom is 0.175 e. The molecule has 1 saturated carbocycles. The minimum atomic E-state index is -0.275. The van der Waals surface area contributed by atoms with Gasteiger partial charge in [-0.25, -0.2) is 0 Å². The number of benzene rings is 1. The van der Waals surface area contributed by atoms with Crippen molar-refractivity contribution in [2.45, 2.75) is 31.6 Å². The molecule has 4 rings (SSSR count). The topological polar surface area (TPSA) is 95.6 Å². The van der Waals surface area contributed by atoms with Crippen molar-refractivity contribution in [2.24, 2.45) is 4.99 Å². The number of rotatable bonds is 8. The van der Waals surface area contributed by atoms with Crippen molar-refractivity contribution < 1.29 is 9.47 Å². The van der Waals surface area contributed by atoms with E-state index in [0.29, 0.717) is 12.5 Å². The lowest BCUT2D eigenvalue weighted by Gasteiger charge is -2.24. The molecule has 1 aliphatic carbocycles. The third-order valence-electron chi connectivity index (χ3n) is 4.64. The molecule has 2 heterocycles. The van der Waals surface area contributed by atoms with Gasteiger partial charge in [-0.05, 0) is 46.5 Å². The molecule has 1 aromatic carbocycles. The Hall–Kier alpha value is -2.52. The van der Waals surface area contributed by atoms with Gasteiger partial charge < -0.3 is 20.1 Å². The number of methoxy groups -OCH3 is 2. The van der Waals surface area contributed by atoms with Gasteiger partial charge in [0.05, 0.1) is 18.7 Å². The van der Waals surface area contributed by atoms with E-state index in [9.17, 15) is 0 Å². The van der Waals surface area contributed by atoms with Crippen molar-refractivity contribution in [3.63, 3.8) is 0 Å². The predicted molar refractivity (Wildman–Crippen MR) is 112 cm³/mol. The Kier molecular flexibility index (Phi) is 5.54. The largest absolute Gasteiger partial charge is 0.497 e. The van der Waals surface area contributed by atoms with Gasteiger partial charge in [-0.15, -0.1) is 0 Å². The zero-order valence-corrected chi connectivity index (χ0v) is 17.3. The number of hydrogen-bond acceptors (Lipinski definition) is 7. The lowest BCUT2D eigenvalue weighted by Crippen LogP contribution is -2.43. The van der Waals surface area contributed by atoms with E-state index < -0.39 is 0 Å². The second-order valence-corrected chi connectivity index (χ2v) is 7.61. The Balaban J connectivity index is 1.37. The lowest BCUT2D eigenvalue weighted by atomic mass is 10.2. The van der Waals surface area contributed by atoms with Gasteiger partial charge in [-0.1, -0.05) is 0 Å². The summed E-state index contributed by atoms with van der Waals surface area (Å²) in [5.41, 5.74) is 2.23. The summed E-state index contributed by atoms with van der Waals surface area (Å²) < 4.78 is 11.5. The first kappa shape index (κ1) is 18.8. The molecule has 0 amide bonds. The van der Waals surface area contributed by atoms with Crippen LogP contribution in [0.2, 0.25) is 0 Å². The number of aliphatic imine (C=N–C) groups is 1. The fourth-order valence-electron chi connectivity index (χ4n) is 2.96. The quantitative estimate of drug-likeness (QED) is 0.497. The van der Waals surface area contributed by atoms with E-state index in [1.165, 1.54) is 18.5 Å². The first-order chi connectivity index (χ1) is 13.6. The second-order valence-electron chi connectivity index (χ2n) is 6.76. The minimum Gasteiger partial charge on any atom is -0.497 e. The van der Waals surface area contributed by atoms with Crippen LogP contribution in [0, 0.1) is 0 Å². The molecule has 2 aliphatic rings. The van der Waals surface area contributed by atoms with Crippen LogP contribution in [0.4, 0.5) is 5.82 Å². The number of nitrogens with one attached hydrogen (secondary N) is 4. The minimum absolute atomic E-state index is 0.275. The first-order valence-corrected chi connectivity index (χ1v) is 9.91. The van der Waals surface area contributed by atoms with Crippen LogP contribution in [0.25, 0.3) is 0 Å². The number of nitrogens with zero attached hydrogens (tertiary/aromatic N) is 2. The van der Waals surface area contributed by atoms with Crippen molar-refractivity contribution in [3.8, 4) is 11.5 Å². The van der Waals surface area contributed by atoms with E-state index in [1.54, 1.807) is 20.4 Å². The number of aromatic nitrogens is 2. The average molecular weight is 447 g/mol. The molecule has 28 heavy (non-hydrogen) atoms. The van der Waals surface area contributed by atoms with E-state index in [4.69, 9.17) is 9.47 Å². The third-order valence-corrected chi connectivity index (χ3v) is 5.24. The normalized spacial score (nSPS) is 18.8. The highest BCUT2D eigenvalue weighted by molar-refractivity contribution is 9.12. The van der Waals surface area contributed by atoms with Crippen LogP contribution in [-0.4, -0.2) is 36.9 Å². The monoisotopic (exact) mass is 446 g/mol. The zero-order chi connectivity index (χ0) is 19.5. The number of H-pyrrole nitrogens is 1. The highest BCUT2D eigenvalue weighted by Crippen LogP contribution is 2.39. The number of hydrogen-bond donors (Lipinski definition) is 4. The summed E-state index contributed by atoms with van der Waals surface area (Å²) in [4.78, 5) is 4.46. The molecule has 9 heteroatoms. The van der Waals surface area contributed by atoms with E-state index in [0.717, 1.165) is 33.2 Å². The van der Waals surface area contributed by atoms with Crippen molar-refractivity contribution >= 4 is 28.0 Å². The fraction of sp³-hybridized carbons (Fsp3) is 0.368. The molecule has 1 unspecified atom stereocenters. The smallest absolute Gasteiger partial charge is 0.175 e. The molecule has 0 radical (unpaired) electrons. The molecule has 1 aliphatic heterocycles. The van der Waals surface area contributed by atoms with Gasteiger partial charge in [0.1, 0.15) is 17.3 Å². The van der Waals surface area contributed by atoms with E-state index in [-0.39, 0.29) is 6.29 Å². The summed E-state index contributed by atoms with van der Waals surface area (Å²) in [6, 6.07) is 7.84. The van der Waals surface area contributed by atoms with Crippen LogP contribution in [0.15, 0.2) is 39.6 Å². The Morgan fingerprint density at radius 1 is 1.14 bits per heavy atom. The molecule has 8 nitrogen and oxygen atoms in total. The number of aromatic amines is 1. The van der Waals surface area contributed by atoms with Crippen LogP contribution >= 0.6 is 15.9 Å². The maximum atomic E-state index is 5.32. The summed E-state index contributed by atoms with van der Waals surface area (Å²) in [5, 5.41) is 17.4. The highest BCUT2D eigenvalue weighted by Gasteiger charge is 2.26. The molecule has 0 spiro atoms. The summed E-state index contributed by atoms with van der Waals surface area (Å²) in [7, 11) is 3.28. The Morgan fingerprint density at radius 2 is 1.89 bits per heavy atom. The van der Waals surface area contributed by atoms with Crippen LogP contribution in [0.1, 0.15) is 30.0 Å². The standard InChI is InChI=1S/C19H23BrN6O2/c1-27-13-5-11(6-14(7-13)28-2)9-21-19-22-10-15(20)18(24-19)23-17-8-16(25-26-17)12-3-4-12/h5-8,10,12,19,21,24H,3-4,9H2,1-2H3,(H2,23,25,26). The summed E-state index contributed by atoms with van der Waals surface area (Å²) in [6.07, 6.45) is 3.97. The van der Waals surface area contributed by atoms with Gasteiger partial charge in [0, 0.05) is 36.5 Å². The van der Waals surface area contributed by atoms with Crippen molar-refractivity contribution in [3.05, 3.63) is 45.8 Å². The number of anilines is 1. The van der Waals surface area contributed by atoms with Gasteiger partial charge >= 0.3 is 0 Å². The molecule has 1 fully saturated rings. The van der Waals surface area contributed by atoms with Crippen LogP contribution in [0.3, 0.4) is 0 Å². The Labute approximate surface area is 171 Å². The number of halogens is 1. The Morgan fingerprint density at radius 3 is 2.57 bits per heavy atom. The average Bonchev–Trinajstić information content (AvgIpc) is 3.47. The molecular weight excluding hydrogens is 424 g/mol. The number of ether oxygens (including phenoxy) is 2. The van der Waals surface area contributed by atoms with Crippen molar-refractivity contribution in [1.82, 2.24) is 20.8 Å². The molecule has 1 atom stereocenters. The maximum absolute atomic E-state index is 5.32. The highest BCUT2D eigenvalue weighted by atomic mass is 79.9. The molecule has 148 valence electrons. The van der Waals surface area contributed by atoms with Crippen LogP contribution in [0.5, 0.6) is 11.5 Å². The zero-order valence-electron chi connectivity index (χ0n) is 15.8. The van der Waals surface area contributed by atoms with Gasteiger partial charge in [-0.3, -0.25) is 15.4 Å². The van der Waals surface area contributed by atoms with Gasteiger partial charge in [-0.2, -0.15) is 5.10 Å². The summed E-state index contributed by atoms with van der Waals surface area (Å²) in [5.74, 6) is 3.74. The van der Waals surface area contributed by atoms with E-state index in [1.807, 2.05) is 18.2 Å². The molecule has 4 N–H and O–H groups in total. The van der Waals surface area contributed by atoms with Crippen LogP contribution in [-0.2, 0) is 6.54 Å².